The summed E-state index contributed by atoms with van der Waals surface area (Å²) >= 11 is 0. The Bertz CT molecular complexity index is 211. The summed E-state index contributed by atoms with van der Waals surface area (Å²) in [4.78, 5) is 21.2. The van der Waals surface area contributed by atoms with Gasteiger partial charge < -0.3 is 9.59 Å². The average Bonchev–Trinajstić information content (AvgIpc) is 2.18. The SMILES string of the molecule is N#CC1CCC(C=O)(C=O)CC1. The fraction of sp³-hybridized carbons (Fsp3) is 0.667. The highest BCUT2D eigenvalue weighted by molar-refractivity contribution is 5.83. The predicted molar refractivity (Wildman–Crippen MR) is 42.1 cm³/mol. The zero-order chi connectivity index (χ0) is 9.03. The van der Waals surface area contributed by atoms with Crippen LogP contribution in [0.5, 0.6) is 0 Å². The molecule has 0 heterocycles. The molecule has 0 aromatic carbocycles. The van der Waals surface area contributed by atoms with Crippen LogP contribution in [0.25, 0.3) is 0 Å². The number of nitriles is 1. The third-order valence-corrected chi connectivity index (χ3v) is 2.57. The second-order valence-electron chi connectivity index (χ2n) is 3.37. The number of carbonyl (C=O) groups is 2. The van der Waals surface area contributed by atoms with E-state index < -0.39 is 5.41 Å². The maximum Gasteiger partial charge on any atom is 0.133 e. The fourth-order valence-electron chi connectivity index (χ4n) is 1.55. The minimum Gasteiger partial charge on any atom is -0.302 e. The highest BCUT2D eigenvalue weighted by Gasteiger charge is 2.34. The second kappa shape index (κ2) is 3.48. The molecule has 0 N–H and O–H groups in total. The van der Waals surface area contributed by atoms with E-state index in [1.54, 1.807) is 0 Å². The van der Waals surface area contributed by atoms with Crippen LogP contribution in [0.2, 0.25) is 0 Å². The van der Waals surface area contributed by atoms with Gasteiger partial charge in [0, 0.05) is 5.92 Å². The van der Waals surface area contributed by atoms with Crippen molar-refractivity contribution in [2.75, 3.05) is 0 Å². The number of aldehydes is 2. The lowest BCUT2D eigenvalue weighted by Crippen LogP contribution is -2.30. The smallest absolute Gasteiger partial charge is 0.133 e. The Kier molecular flexibility index (Phi) is 2.59. The summed E-state index contributed by atoms with van der Waals surface area (Å²) < 4.78 is 0. The van der Waals surface area contributed by atoms with E-state index in [-0.39, 0.29) is 5.92 Å². The van der Waals surface area contributed by atoms with Crippen molar-refractivity contribution in [1.29, 1.82) is 5.26 Å². The molecular weight excluding hydrogens is 154 g/mol. The fourth-order valence-corrected chi connectivity index (χ4v) is 1.55. The quantitative estimate of drug-likeness (QED) is 0.454. The topological polar surface area (TPSA) is 57.9 Å². The van der Waals surface area contributed by atoms with Gasteiger partial charge >= 0.3 is 0 Å². The van der Waals surface area contributed by atoms with Crippen LogP contribution in [0.15, 0.2) is 0 Å². The van der Waals surface area contributed by atoms with Crippen molar-refractivity contribution in [3.8, 4) is 6.07 Å². The molecule has 1 rings (SSSR count). The average molecular weight is 165 g/mol. The summed E-state index contributed by atoms with van der Waals surface area (Å²) in [6.45, 7) is 0. The van der Waals surface area contributed by atoms with E-state index in [0.717, 1.165) is 12.6 Å². The maximum atomic E-state index is 10.6. The third-order valence-electron chi connectivity index (χ3n) is 2.57. The minimum absolute atomic E-state index is 0.0398. The van der Waals surface area contributed by atoms with E-state index in [1.807, 2.05) is 0 Å². The van der Waals surface area contributed by atoms with Gasteiger partial charge in [0.15, 0.2) is 0 Å². The highest BCUT2D eigenvalue weighted by Crippen LogP contribution is 2.35. The van der Waals surface area contributed by atoms with Crippen LogP contribution in [-0.2, 0) is 9.59 Å². The standard InChI is InChI=1S/C9H11NO2/c10-5-8-1-3-9(6-11,7-12)4-2-8/h6-8H,1-4H2. The minimum atomic E-state index is -0.770. The zero-order valence-electron chi connectivity index (χ0n) is 6.82. The van der Waals surface area contributed by atoms with Crippen molar-refractivity contribution in [2.24, 2.45) is 11.3 Å². The number of carbonyl (C=O) groups excluding carboxylic acids is 2. The maximum absolute atomic E-state index is 10.6. The van der Waals surface area contributed by atoms with Crippen molar-refractivity contribution in [2.45, 2.75) is 25.7 Å². The molecule has 12 heavy (non-hydrogen) atoms. The molecule has 0 aromatic heterocycles. The van der Waals surface area contributed by atoms with Crippen LogP contribution in [0.4, 0.5) is 0 Å². The Balaban J connectivity index is 2.60. The van der Waals surface area contributed by atoms with Crippen LogP contribution in [0, 0.1) is 22.7 Å². The second-order valence-corrected chi connectivity index (χ2v) is 3.37. The van der Waals surface area contributed by atoms with Crippen molar-refractivity contribution >= 4 is 12.6 Å². The first-order chi connectivity index (χ1) is 5.76. The zero-order valence-corrected chi connectivity index (χ0v) is 6.82. The molecule has 0 amide bonds. The summed E-state index contributed by atoms with van der Waals surface area (Å²) in [5.74, 6) is 0.0398. The number of hydrogen-bond donors (Lipinski definition) is 0. The molecule has 0 spiro atoms. The first kappa shape index (κ1) is 8.92. The van der Waals surface area contributed by atoms with Crippen LogP contribution in [0.3, 0.4) is 0 Å². The van der Waals surface area contributed by atoms with Gasteiger partial charge in [0.2, 0.25) is 0 Å². The number of nitrogens with zero attached hydrogens (tertiary/aromatic N) is 1. The third kappa shape index (κ3) is 1.53. The molecule has 3 nitrogen and oxygen atoms in total. The Morgan fingerprint density at radius 3 is 2.08 bits per heavy atom. The molecule has 0 radical (unpaired) electrons. The lowest BCUT2D eigenvalue weighted by Gasteiger charge is -2.28. The summed E-state index contributed by atoms with van der Waals surface area (Å²) in [5.41, 5.74) is -0.770. The molecule has 1 aliphatic rings. The molecule has 0 aromatic rings. The Morgan fingerprint density at radius 2 is 1.75 bits per heavy atom. The Hall–Kier alpha value is -1.17. The molecule has 0 unspecified atom stereocenters. The lowest BCUT2D eigenvalue weighted by atomic mass is 9.73. The van der Waals surface area contributed by atoms with Gasteiger partial charge in [-0.05, 0) is 25.7 Å². The molecule has 3 heteroatoms. The summed E-state index contributed by atoms with van der Waals surface area (Å²) in [6.07, 6.45) is 3.89. The van der Waals surface area contributed by atoms with E-state index in [2.05, 4.69) is 6.07 Å². The summed E-state index contributed by atoms with van der Waals surface area (Å²) in [7, 11) is 0. The largest absolute Gasteiger partial charge is 0.302 e. The molecule has 0 atom stereocenters. The van der Waals surface area contributed by atoms with E-state index in [9.17, 15) is 9.59 Å². The first-order valence-corrected chi connectivity index (χ1v) is 4.08. The van der Waals surface area contributed by atoms with Gasteiger partial charge in [-0.2, -0.15) is 5.26 Å². The van der Waals surface area contributed by atoms with Gasteiger partial charge in [0.1, 0.15) is 12.6 Å². The van der Waals surface area contributed by atoms with Crippen molar-refractivity contribution in [1.82, 2.24) is 0 Å². The molecule has 0 bridgehead atoms. The summed E-state index contributed by atoms with van der Waals surface area (Å²) in [5, 5.41) is 8.58. The van der Waals surface area contributed by atoms with E-state index >= 15 is 0 Å². The van der Waals surface area contributed by atoms with Crippen LogP contribution in [-0.4, -0.2) is 12.6 Å². The monoisotopic (exact) mass is 165 g/mol. The molecule has 1 saturated carbocycles. The highest BCUT2D eigenvalue weighted by atomic mass is 16.1. The van der Waals surface area contributed by atoms with E-state index in [4.69, 9.17) is 5.26 Å². The van der Waals surface area contributed by atoms with Gasteiger partial charge in [0.05, 0.1) is 11.5 Å². The summed E-state index contributed by atoms with van der Waals surface area (Å²) in [6, 6.07) is 2.16. The molecule has 0 saturated heterocycles. The van der Waals surface area contributed by atoms with Crippen LogP contribution < -0.4 is 0 Å². The molecule has 0 aliphatic heterocycles. The van der Waals surface area contributed by atoms with E-state index in [0.29, 0.717) is 25.7 Å². The van der Waals surface area contributed by atoms with E-state index in [1.165, 1.54) is 0 Å². The van der Waals surface area contributed by atoms with Crippen molar-refractivity contribution < 1.29 is 9.59 Å². The van der Waals surface area contributed by atoms with Gasteiger partial charge in [-0.25, -0.2) is 0 Å². The van der Waals surface area contributed by atoms with Gasteiger partial charge in [0.25, 0.3) is 0 Å². The van der Waals surface area contributed by atoms with Crippen molar-refractivity contribution in [3.63, 3.8) is 0 Å². The first-order valence-electron chi connectivity index (χ1n) is 4.08. The Morgan fingerprint density at radius 1 is 1.25 bits per heavy atom. The molecular formula is C9H11NO2. The normalized spacial score (nSPS) is 22.6. The number of rotatable bonds is 2. The van der Waals surface area contributed by atoms with Gasteiger partial charge in [-0.1, -0.05) is 0 Å². The lowest BCUT2D eigenvalue weighted by molar-refractivity contribution is -0.128. The van der Waals surface area contributed by atoms with Gasteiger partial charge in [-0.3, -0.25) is 0 Å². The van der Waals surface area contributed by atoms with Crippen molar-refractivity contribution in [3.05, 3.63) is 0 Å². The van der Waals surface area contributed by atoms with Crippen LogP contribution in [0.1, 0.15) is 25.7 Å². The molecule has 1 fully saturated rings. The predicted octanol–water partition coefficient (Wildman–Crippen LogP) is 1.08. The molecule has 64 valence electrons. The number of hydrogen-bond acceptors (Lipinski definition) is 3. The molecule has 1 aliphatic carbocycles. The Labute approximate surface area is 71.4 Å². The van der Waals surface area contributed by atoms with Crippen LogP contribution >= 0.6 is 0 Å². The van der Waals surface area contributed by atoms with Gasteiger partial charge in [-0.15, -0.1) is 0 Å².